The van der Waals surface area contributed by atoms with E-state index in [-0.39, 0.29) is 13.0 Å². The minimum absolute atomic E-state index is 0.0673. The number of hydrogen-bond acceptors (Lipinski definition) is 4. The number of hydrogen-bond donors (Lipinski definition) is 3. The van der Waals surface area contributed by atoms with Gasteiger partial charge < -0.3 is 25.0 Å². The molecule has 1 aliphatic heterocycles. The summed E-state index contributed by atoms with van der Waals surface area (Å²) in [4.78, 5) is 28.1. The molecule has 1 aliphatic rings. The summed E-state index contributed by atoms with van der Waals surface area (Å²) in [6, 6.07) is -1.37. The number of aliphatic hydroxyl groups is 1. The van der Waals surface area contributed by atoms with Crippen LogP contribution >= 0.6 is 0 Å². The summed E-state index contributed by atoms with van der Waals surface area (Å²) in [6.45, 7) is 1.38. The maximum absolute atomic E-state index is 11.9. The van der Waals surface area contributed by atoms with Crippen molar-refractivity contribution in [2.45, 2.75) is 38.0 Å². The fourth-order valence-electron chi connectivity index (χ4n) is 2.41. The molecule has 2 atom stereocenters. The lowest BCUT2D eigenvalue weighted by Crippen LogP contribution is -2.46. The van der Waals surface area contributed by atoms with Crippen molar-refractivity contribution in [2.24, 2.45) is 0 Å². The van der Waals surface area contributed by atoms with E-state index in [1.165, 1.54) is 4.90 Å². The molecule has 0 saturated carbocycles. The number of carboxylic acids is 1. The maximum Gasteiger partial charge on any atom is 0.326 e. The van der Waals surface area contributed by atoms with Crippen molar-refractivity contribution in [1.82, 2.24) is 19.8 Å². The van der Waals surface area contributed by atoms with Gasteiger partial charge in [0.15, 0.2) is 0 Å². The number of carbonyl (C=O) groups is 2. The second-order valence-corrected chi connectivity index (χ2v) is 5.14. The summed E-state index contributed by atoms with van der Waals surface area (Å²) in [7, 11) is 0. The number of aromatic nitrogens is 2. The molecule has 0 aromatic carbocycles. The monoisotopic (exact) mass is 296 g/mol. The first-order valence-electron chi connectivity index (χ1n) is 6.99. The molecule has 1 aromatic rings. The van der Waals surface area contributed by atoms with Crippen LogP contribution in [-0.2, 0) is 11.3 Å². The van der Waals surface area contributed by atoms with Crippen LogP contribution in [0.2, 0.25) is 0 Å². The zero-order chi connectivity index (χ0) is 15.2. The zero-order valence-corrected chi connectivity index (χ0v) is 11.7. The molecule has 0 radical (unpaired) electrons. The number of urea groups is 1. The van der Waals surface area contributed by atoms with Crippen molar-refractivity contribution in [3.63, 3.8) is 0 Å². The highest BCUT2D eigenvalue weighted by molar-refractivity contribution is 5.83. The van der Waals surface area contributed by atoms with Crippen LogP contribution in [0.1, 0.15) is 19.3 Å². The van der Waals surface area contributed by atoms with Crippen LogP contribution in [0.25, 0.3) is 0 Å². The average molecular weight is 296 g/mol. The topological polar surface area (TPSA) is 108 Å². The number of aliphatic hydroxyl groups excluding tert-OH is 1. The van der Waals surface area contributed by atoms with Crippen LogP contribution in [-0.4, -0.2) is 61.9 Å². The summed E-state index contributed by atoms with van der Waals surface area (Å²) in [5.74, 6) is -1.08. The molecule has 8 nitrogen and oxygen atoms in total. The normalized spacial score (nSPS) is 21.5. The average Bonchev–Trinajstić information content (AvgIpc) is 3.07. The first-order chi connectivity index (χ1) is 10.1. The summed E-state index contributed by atoms with van der Waals surface area (Å²) in [5.41, 5.74) is 0. The van der Waals surface area contributed by atoms with Crippen molar-refractivity contribution >= 4 is 12.0 Å². The molecule has 21 heavy (non-hydrogen) atoms. The van der Waals surface area contributed by atoms with Gasteiger partial charge in [0.05, 0.1) is 12.4 Å². The molecule has 0 aliphatic carbocycles. The lowest BCUT2D eigenvalue weighted by molar-refractivity contribution is -0.141. The third kappa shape index (κ3) is 4.19. The third-order valence-electron chi connectivity index (χ3n) is 3.50. The van der Waals surface area contributed by atoms with Gasteiger partial charge in [-0.2, -0.15) is 0 Å². The number of β-amino-alcohol motifs (C(OH)–C–C–N with tert-alkyl or cyclic N) is 1. The van der Waals surface area contributed by atoms with Gasteiger partial charge in [-0.15, -0.1) is 0 Å². The highest BCUT2D eigenvalue weighted by Gasteiger charge is 2.38. The summed E-state index contributed by atoms with van der Waals surface area (Å²) in [5, 5.41) is 21.2. The fourth-order valence-corrected chi connectivity index (χ4v) is 2.41. The van der Waals surface area contributed by atoms with Crippen molar-refractivity contribution in [3.05, 3.63) is 18.7 Å². The van der Waals surface area contributed by atoms with Crippen molar-refractivity contribution in [1.29, 1.82) is 0 Å². The van der Waals surface area contributed by atoms with E-state index < -0.39 is 24.1 Å². The van der Waals surface area contributed by atoms with Crippen LogP contribution < -0.4 is 5.32 Å². The van der Waals surface area contributed by atoms with Crippen LogP contribution in [0.4, 0.5) is 4.79 Å². The number of rotatable bonds is 6. The summed E-state index contributed by atoms with van der Waals surface area (Å²) >= 11 is 0. The smallest absolute Gasteiger partial charge is 0.326 e. The van der Waals surface area contributed by atoms with E-state index in [0.29, 0.717) is 6.54 Å². The molecule has 1 unspecified atom stereocenters. The Balaban J connectivity index is 1.68. The molecule has 2 heterocycles. The van der Waals surface area contributed by atoms with Crippen LogP contribution in [0.15, 0.2) is 18.7 Å². The second-order valence-electron chi connectivity index (χ2n) is 5.14. The highest BCUT2D eigenvalue weighted by Crippen LogP contribution is 2.18. The first-order valence-corrected chi connectivity index (χ1v) is 6.99. The SMILES string of the molecule is O=C(O)[C@@H]1CC(O)CN1C(=O)NCCCCn1ccnc1. The third-order valence-corrected chi connectivity index (χ3v) is 3.50. The van der Waals surface area contributed by atoms with Gasteiger partial charge in [-0.1, -0.05) is 0 Å². The summed E-state index contributed by atoms with van der Waals surface area (Å²) < 4.78 is 1.96. The molecular formula is C13H20N4O4. The Hall–Kier alpha value is -2.09. The van der Waals surface area contributed by atoms with E-state index >= 15 is 0 Å². The fraction of sp³-hybridized carbons (Fsp3) is 0.615. The van der Waals surface area contributed by atoms with E-state index in [4.69, 9.17) is 5.11 Å². The predicted octanol–water partition coefficient (Wildman–Crippen LogP) is -0.107. The van der Waals surface area contributed by atoms with Gasteiger partial charge in [0.1, 0.15) is 6.04 Å². The predicted molar refractivity (Wildman–Crippen MR) is 73.6 cm³/mol. The van der Waals surface area contributed by atoms with Crippen LogP contribution in [0.3, 0.4) is 0 Å². The van der Waals surface area contributed by atoms with Crippen molar-refractivity contribution in [2.75, 3.05) is 13.1 Å². The number of carboxylic acid groups (broad SMARTS) is 1. The number of nitrogens with zero attached hydrogens (tertiary/aromatic N) is 3. The molecule has 1 saturated heterocycles. The number of unbranched alkanes of at least 4 members (excludes halogenated alkanes) is 1. The Bertz CT molecular complexity index is 477. The Labute approximate surface area is 122 Å². The highest BCUT2D eigenvalue weighted by atomic mass is 16.4. The first kappa shape index (κ1) is 15.3. The summed E-state index contributed by atoms with van der Waals surface area (Å²) in [6.07, 6.45) is 6.33. The van der Waals surface area contributed by atoms with Gasteiger partial charge in [-0.3, -0.25) is 0 Å². The Morgan fingerprint density at radius 2 is 2.19 bits per heavy atom. The van der Waals surface area contributed by atoms with Crippen molar-refractivity contribution < 1.29 is 19.8 Å². The molecule has 0 spiro atoms. The molecule has 1 fully saturated rings. The molecule has 116 valence electrons. The maximum atomic E-state index is 11.9. The number of aryl methyl sites for hydroxylation is 1. The van der Waals surface area contributed by atoms with Gasteiger partial charge in [-0.25, -0.2) is 14.6 Å². The number of nitrogens with one attached hydrogen (secondary N) is 1. The molecular weight excluding hydrogens is 276 g/mol. The Kier molecular flexibility index (Phi) is 5.15. The Morgan fingerprint density at radius 1 is 1.38 bits per heavy atom. The van der Waals surface area contributed by atoms with Crippen LogP contribution in [0.5, 0.6) is 0 Å². The lowest BCUT2D eigenvalue weighted by atomic mass is 10.2. The minimum Gasteiger partial charge on any atom is -0.480 e. The van der Waals surface area contributed by atoms with E-state index in [1.807, 2.05) is 10.8 Å². The van der Waals surface area contributed by atoms with Gasteiger partial charge in [0, 0.05) is 38.4 Å². The van der Waals surface area contributed by atoms with E-state index in [2.05, 4.69) is 10.3 Å². The molecule has 0 bridgehead atoms. The quantitative estimate of drug-likeness (QED) is 0.635. The molecule has 3 N–H and O–H groups in total. The second kappa shape index (κ2) is 7.07. The van der Waals surface area contributed by atoms with Gasteiger partial charge in [0.25, 0.3) is 0 Å². The number of likely N-dealkylation sites (tertiary alicyclic amines) is 1. The number of aliphatic carboxylic acids is 1. The lowest BCUT2D eigenvalue weighted by Gasteiger charge is -2.21. The largest absolute Gasteiger partial charge is 0.480 e. The van der Waals surface area contributed by atoms with E-state index in [0.717, 1.165) is 19.4 Å². The van der Waals surface area contributed by atoms with Gasteiger partial charge in [0.2, 0.25) is 0 Å². The molecule has 1 aromatic heterocycles. The zero-order valence-electron chi connectivity index (χ0n) is 11.7. The van der Waals surface area contributed by atoms with Crippen LogP contribution in [0, 0.1) is 0 Å². The minimum atomic E-state index is -1.08. The number of amides is 2. The van der Waals surface area contributed by atoms with Gasteiger partial charge >= 0.3 is 12.0 Å². The van der Waals surface area contributed by atoms with E-state index in [9.17, 15) is 14.7 Å². The Morgan fingerprint density at radius 3 is 2.86 bits per heavy atom. The number of imidazole rings is 1. The molecule has 2 amide bonds. The number of carbonyl (C=O) groups excluding carboxylic acids is 1. The molecule has 2 rings (SSSR count). The molecule has 8 heteroatoms. The van der Waals surface area contributed by atoms with Crippen molar-refractivity contribution in [3.8, 4) is 0 Å². The van der Waals surface area contributed by atoms with Gasteiger partial charge in [-0.05, 0) is 12.8 Å². The standard InChI is InChI=1S/C13H20N4O4/c18-10-7-11(12(19)20)17(8-10)13(21)15-3-1-2-5-16-6-4-14-9-16/h4,6,9-11,18H,1-3,5,7-8H2,(H,15,21)(H,19,20)/t10?,11-/m0/s1. The van der Waals surface area contributed by atoms with E-state index in [1.54, 1.807) is 12.5 Å².